The Labute approximate surface area is 134 Å². The van der Waals surface area contributed by atoms with Gasteiger partial charge in [0, 0.05) is 18.4 Å². The third kappa shape index (κ3) is 4.38. The number of benzene rings is 2. The van der Waals surface area contributed by atoms with Gasteiger partial charge in [0.1, 0.15) is 12.4 Å². The van der Waals surface area contributed by atoms with Gasteiger partial charge >= 0.3 is 0 Å². The Kier molecular flexibility index (Phi) is 5.63. The van der Waals surface area contributed by atoms with Crippen molar-refractivity contribution < 1.29 is 14.3 Å². The average molecular weight is 321 g/mol. The Morgan fingerprint density at radius 3 is 2.55 bits per heavy atom. The summed E-state index contributed by atoms with van der Waals surface area (Å²) >= 11 is 5.84. The van der Waals surface area contributed by atoms with E-state index in [9.17, 15) is 4.79 Å². The molecule has 0 saturated heterocycles. The Morgan fingerprint density at radius 2 is 1.91 bits per heavy atom. The van der Waals surface area contributed by atoms with Gasteiger partial charge in [-0.1, -0.05) is 11.6 Å². The molecule has 0 aromatic heterocycles. The first-order chi connectivity index (χ1) is 10.6. The fraction of sp³-hybridized carbons (Fsp3) is 0.188. The van der Waals surface area contributed by atoms with E-state index in [1.807, 2.05) is 0 Å². The van der Waals surface area contributed by atoms with Crippen LogP contribution in [0.5, 0.6) is 5.75 Å². The van der Waals surface area contributed by atoms with Crippen LogP contribution in [0.1, 0.15) is 10.4 Å². The molecule has 0 aliphatic rings. The topological polar surface area (TPSA) is 73.6 Å². The molecule has 1 amide bonds. The van der Waals surface area contributed by atoms with Crippen molar-refractivity contribution in [1.82, 2.24) is 0 Å². The highest BCUT2D eigenvalue weighted by Gasteiger charge is 2.07. The Balaban J connectivity index is 1.98. The van der Waals surface area contributed by atoms with Crippen LogP contribution in [0.4, 0.5) is 11.4 Å². The van der Waals surface area contributed by atoms with E-state index in [-0.39, 0.29) is 5.91 Å². The lowest BCUT2D eigenvalue weighted by Gasteiger charge is -2.08. The molecule has 0 radical (unpaired) electrons. The number of methoxy groups -OCH3 is 1. The van der Waals surface area contributed by atoms with Crippen LogP contribution in [0.3, 0.4) is 0 Å². The van der Waals surface area contributed by atoms with Crippen LogP contribution in [0.15, 0.2) is 42.5 Å². The maximum absolute atomic E-state index is 12.1. The van der Waals surface area contributed by atoms with E-state index in [1.165, 1.54) is 0 Å². The minimum Gasteiger partial charge on any atom is -0.491 e. The summed E-state index contributed by atoms with van der Waals surface area (Å²) in [4.78, 5) is 12.1. The Hall–Kier alpha value is -2.24. The van der Waals surface area contributed by atoms with Crippen molar-refractivity contribution in [3.8, 4) is 5.75 Å². The van der Waals surface area contributed by atoms with E-state index < -0.39 is 0 Å². The van der Waals surface area contributed by atoms with Crippen LogP contribution in [0, 0.1) is 0 Å². The number of nitrogens with two attached hydrogens (primary N) is 1. The van der Waals surface area contributed by atoms with Crippen LogP contribution in [0.2, 0.25) is 5.02 Å². The highest BCUT2D eigenvalue weighted by Crippen LogP contribution is 2.23. The van der Waals surface area contributed by atoms with E-state index in [0.717, 1.165) is 0 Å². The highest BCUT2D eigenvalue weighted by atomic mass is 35.5. The number of amides is 1. The van der Waals surface area contributed by atoms with Gasteiger partial charge in [0.15, 0.2) is 0 Å². The van der Waals surface area contributed by atoms with Crippen molar-refractivity contribution in [3.05, 3.63) is 53.1 Å². The Morgan fingerprint density at radius 1 is 1.18 bits per heavy atom. The molecule has 2 aromatic carbocycles. The van der Waals surface area contributed by atoms with Crippen molar-refractivity contribution in [1.29, 1.82) is 0 Å². The fourth-order valence-corrected chi connectivity index (χ4v) is 1.89. The number of hydrogen-bond donors (Lipinski definition) is 2. The Bertz CT molecular complexity index is 644. The SMILES string of the molecule is COCCOc1ccc(C(=O)Nc2ccc(Cl)c(N)c2)cc1. The molecule has 0 bridgehead atoms. The molecule has 0 heterocycles. The summed E-state index contributed by atoms with van der Waals surface area (Å²) < 4.78 is 10.3. The molecule has 5 nitrogen and oxygen atoms in total. The summed E-state index contributed by atoms with van der Waals surface area (Å²) in [5.41, 5.74) is 7.23. The average Bonchev–Trinajstić information content (AvgIpc) is 2.52. The maximum atomic E-state index is 12.1. The lowest BCUT2D eigenvalue weighted by Crippen LogP contribution is -2.12. The highest BCUT2D eigenvalue weighted by molar-refractivity contribution is 6.33. The molecule has 3 N–H and O–H groups in total. The smallest absolute Gasteiger partial charge is 0.255 e. The third-order valence-electron chi connectivity index (χ3n) is 2.93. The van der Waals surface area contributed by atoms with Crippen LogP contribution >= 0.6 is 11.6 Å². The predicted molar refractivity (Wildman–Crippen MR) is 87.6 cm³/mol. The van der Waals surface area contributed by atoms with Crippen molar-refractivity contribution in [2.75, 3.05) is 31.4 Å². The van der Waals surface area contributed by atoms with E-state index in [4.69, 9.17) is 26.8 Å². The molecule has 6 heteroatoms. The zero-order chi connectivity index (χ0) is 15.9. The number of hydrogen-bond acceptors (Lipinski definition) is 4. The van der Waals surface area contributed by atoms with E-state index in [0.29, 0.717) is 40.9 Å². The van der Waals surface area contributed by atoms with Gasteiger partial charge in [0.2, 0.25) is 0 Å². The van der Waals surface area contributed by atoms with Gasteiger partial charge in [0.25, 0.3) is 5.91 Å². The second kappa shape index (κ2) is 7.68. The number of nitrogen functional groups attached to an aromatic ring is 1. The predicted octanol–water partition coefficient (Wildman–Crippen LogP) is 3.20. The number of nitrogens with one attached hydrogen (secondary N) is 1. The van der Waals surface area contributed by atoms with Crippen molar-refractivity contribution in [2.24, 2.45) is 0 Å². The van der Waals surface area contributed by atoms with E-state index in [2.05, 4.69) is 5.32 Å². The standard InChI is InChI=1S/C16H17ClN2O3/c1-21-8-9-22-13-5-2-11(3-6-13)16(20)19-12-4-7-14(17)15(18)10-12/h2-7,10H,8-9,18H2,1H3,(H,19,20). The first-order valence-corrected chi connectivity index (χ1v) is 7.06. The lowest BCUT2D eigenvalue weighted by molar-refractivity contribution is 0.102. The molecule has 2 aromatic rings. The number of carbonyl (C=O) groups is 1. The lowest BCUT2D eigenvalue weighted by atomic mass is 10.2. The summed E-state index contributed by atoms with van der Waals surface area (Å²) in [6.07, 6.45) is 0. The molecule has 0 fully saturated rings. The molecule has 0 spiro atoms. The van der Waals surface area contributed by atoms with Gasteiger partial charge in [-0.15, -0.1) is 0 Å². The second-order valence-corrected chi connectivity index (χ2v) is 4.96. The monoisotopic (exact) mass is 320 g/mol. The molecule has 0 unspecified atom stereocenters. The minimum absolute atomic E-state index is 0.231. The third-order valence-corrected chi connectivity index (χ3v) is 3.27. The van der Waals surface area contributed by atoms with Gasteiger partial charge in [-0.05, 0) is 42.5 Å². The van der Waals surface area contributed by atoms with Crippen molar-refractivity contribution >= 4 is 28.9 Å². The summed E-state index contributed by atoms with van der Waals surface area (Å²) in [5.74, 6) is 0.453. The van der Waals surface area contributed by atoms with Gasteiger partial charge in [-0.25, -0.2) is 0 Å². The quantitative estimate of drug-likeness (QED) is 0.633. The summed E-state index contributed by atoms with van der Waals surface area (Å²) in [5, 5.41) is 3.21. The molecule has 0 atom stereocenters. The molecule has 2 rings (SSSR count). The van der Waals surface area contributed by atoms with Crippen LogP contribution in [-0.4, -0.2) is 26.2 Å². The van der Waals surface area contributed by atoms with Crippen LogP contribution < -0.4 is 15.8 Å². The van der Waals surface area contributed by atoms with Crippen molar-refractivity contribution in [2.45, 2.75) is 0 Å². The first-order valence-electron chi connectivity index (χ1n) is 6.68. The molecule has 0 saturated carbocycles. The van der Waals surface area contributed by atoms with Gasteiger partial charge in [-0.2, -0.15) is 0 Å². The fourth-order valence-electron chi connectivity index (χ4n) is 1.77. The molecule has 22 heavy (non-hydrogen) atoms. The van der Waals surface area contributed by atoms with Gasteiger partial charge in [-0.3, -0.25) is 4.79 Å². The summed E-state index contributed by atoms with van der Waals surface area (Å²) in [6, 6.07) is 11.8. The minimum atomic E-state index is -0.231. The van der Waals surface area contributed by atoms with Gasteiger partial charge in [0.05, 0.1) is 17.3 Å². The van der Waals surface area contributed by atoms with Gasteiger partial charge < -0.3 is 20.5 Å². The number of ether oxygens (including phenoxy) is 2. The van der Waals surface area contributed by atoms with Crippen molar-refractivity contribution in [3.63, 3.8) is 0 Å². The zero-order valence-electron chi connectivity index (χ0n) is 12.1. The molecule has 0 aliphatic heterocycles. The molecular weight excluding hydrogens is 304 g/mol. The van der Waals surface area contributed by atoms with E-state index >= 15 is 0 Å². The van der Waals surface area contributed by atoms with Crippen LogP contribution in [0.25, 0.3) is 0 Å². The molecule has 0 aliphatic carbocycles. The summed E-state index contributed by atoms with van der Waals surface area (Å²) in [7, 11) is 1.61. The number of rotatable bonds is 6. The zero-order valence-corrected chi connectivity index (χ0v) is 12.9. The second-order valence-electron chi connectivity index (χ2n) is 4.56. The number of halogens is 1. The molecule has 116 valence electrons. The normalized spacial score (nSPS) is 10.3. The number of carbonyl (C=O) groups excluding carboxylic acids is 1. The largest absolute Gasteiger partial charge is 0.491 e. The summed E-state index contributed by atoms with van der Waals surface area (Å²) in [6.45, 7) is 0.978. The van der Waals surface area contributed by atoms with E-state index in [1.54, 1.807) is 49.6 Å². The number of anilines is 2. The maximum Gasteiger partial charge on any atom is 0.255 e. The van der Waals surface area contributed by atoms with Crippen LogP contribution in [-0.2, 0) is 4.74 Å². The first kappa shape index (κ1) is 16.1. The molecular formula is C16H17ClN2O3.